The molecule has 160 valence electrons. The van der Waals surface area contributed by atoms with E-state index in [0.29, 0.717) is 0 Å². The monoisotopic (exact) mass is 425 g/mol. The fourth-order valence-electron chi connectivity index (χ4n) is 4.09. The van der Waals surface area contributed by atoms with Gasteiger partial charge in [0.15, 0.2) is 0 Å². The molecule has 3 aromatic rings. The van der Waals surface area contributed by atoms with Crippen LogP contribution in [-0.2, 0) is 20.7 Å². The van der Waals surface area contributed by atoms with Crippen LogP contribution >= 0.6 is 0 Å². The van der Waals surface area contributed by atoms with Gasteiger partial charge in [0.05, 0.1) is 7.11 Å². The molecule has 0 saturated carbocycles. The SMILES string of the molecule is C#Cc1ccc(C[C@H](NC(=O)OCC2c3ccccc3-c3ccccc32)C(=O)OC)cc1. The standard InChI is InChI=1S/C27H23NO4/c1-3-18-12-14-19(15-13-18)16-25(26(29)31-2)28-27(30)32-17-24-22-10-6-4-8-20(22)21-9-5-7-11-23(21)24/h1,4-15,24-25H,16-17H2,2H3,(H,28,30)/t25-/m0/s1. The number of alkyl carbamates (subject to hydrolysis) is 1. The Kier molecular flexibility index (Phi) is 6.23. The normalized spacial score (nSPS) is 12.8. The second-order valence-corrected chi connectivity index (χ2v) is 7.59. The van der Waals surface area contributed by atoms with Crippen LogP contribution in [0.3, 0.4) is 0 Å². The number of carbonyl (C=O) groups is 2. The molecule has 1 N–H and O–H groups in total. The Balaban J connectivity index is 1.43. The van der Waals surface area contributed by atoms with Crippen molar-refractivity contribution >= 4 is 12.1 Å². The number of hydrogen-bond acceptors (Lipinski definition) is 4. The molecule has 0 saturated heterocycles. The molecule has 1 atom stereocenters. The van der Waals surface area contributed by atoms with Crippen molar-refractivity contribution in [1.82, 2.24) is 5.32 Å². The lowest BCUT2D eigenvalue weighted by atomic mass is 9.98. The maximum absolute atomic E-state index is 12.6. The minimum absolute atomic E-state index is 0.0546. The highest BCUT2D eigenvalue weighted by molar-refractivity contribution is 5.82. The molecule has 4 rings (SSSR count). The van der Waals surface area contributed by atoms with Crippen molar-refractivity contribution in [3.8, 4) is 23.5 Å². The van der Waals surface area contributed by atoms with Crippen LogP contribution in [0.15, 0.2) is 72.8 Å². The molecule has 3 aromatic carbocycles. The first-order valence-corrected chi connectivity index (χ1v) is 10.4. The van der Waals surface area contributed by atoms with E-state index in [4.69, 9.17) is 15.9 Å². The number of fused-ring (bicyclic) bond motifs is 3. The summed E-state index contributed by atoms with van der Waals surface area (Å²) in [4.78, 5) is 24.8. The fourth-order valence-corrected chi connectivity index (χ4v) is 4.09. The van der Waals surface area contributed by atoms with E-state index in [2.05, 4.69) is 35.5 Å². The van der Waals surface area contributed by atoms with Crippen LogP contribution in [0.2, 0.25) is 0 Å². The molecule has 5 heteroatoms. The lowest BCUT2D eigenvalue weighted by Crippen LogP contribution is -2.43. The third-order valence-corrected chi connectivity index (χ3v) is 5.68. The van der Waals surface area contributed by atoms with Gasteiger partial charge in [0.2, 0.25) is 0 Å². The number of hydrogen-bond donors (Lipinski definition) is 1. The van der Waals surface area contributed by atoms with Crippen LogP contribution < -0.4 is 5.32 Å². The van der Waals surface area contributed by atoms with Gasteiger partial charge in [-0.25, -0.2) is 9.59 Å². The number of esters is 1. The van der Waals surface area contributed by atoms with E-state index in [1.807, 2.05) is 36.4 Å². The van der Waals surface area contributed by atoms with Crippen molar-refractivity contribution in [3.05, 3.63) is 95.1 Å². The maximum Gasteiger partial charge on any atom is 0.407 e. The predicted octanol–water partition coefficient (Wildman–Crippen LogP) is 4.29. The van der Waals surface area contributed by atoms with Gasteiger partial charge in [-0.2, -0.15) is 0 Å². The van der Waals surface area contributed by atoms with Crippen LogP contribution in [0.25, 0.3) is 11.1 Å². The van der Waals surface area contributed by atoms with E-state index >= 15 is 0 Å². The van der Waals surface area contributed by atoms with Gasteiger partial charge in [0, 0.05) is 17.9 Å². The molecule has 0 spiro atoms. The van der Waals surface area contributed by atoms with Gasteiger partial charge in [-0.15, -0.1) is 6.42 Å². The minimum Gasteiger partial charge on any atom is -0.467 e. The van der Waals surface area contributed by atoms with Gasteiger partial charge >= 0.3 is 12.1 Å². The van der Waals surface area contributed by atoms with Crippen molar-refractivity contribution < 1.29 is 19.1 Å². The third kappa shape index (κ3) is 4.35. The number of amides is 1. The molecular weight excluding hydrogens is 402 g/mol. The molecule has 0 radical (unpaired) electrons. The average Bonchev–Trinajstić information content (AvgIpc) is 3.16. The molecular formula is C27H23NO4. The summed E-state index contributed by atoms with van der Waals surface area (Å²) in [6.45, 7) is 0.171. The summed E-state index contributed by atoms with van der Waals surface area (Å²) in [7, 11) is 1.29. The maximum atomic E-state index is 12.6. The summed E-state index contributed by atoms with van der Waals surface area (Å²) in [5.74, 6) is 1.95. The highest BCUT2D eigenvalue weighted by Crippen LogP contribution is 2.44. The summed E-state index contributed by atoms with van der Waals surface area (Å²) < 4.78 is 10.4. The van der Waals surface area contributed by atoms with Crippen molar-refractivity contribution in [1.29, 1.82) is 0 Å². The fraction of sp³-hybridized carbons (Fsp3) is 0.185. The molecule has 32 heavy (non-hydrogen) atoms. The Morgan fingerprint density at radius 3 is 2.12 bits per heavy atom. The van der Waals surface area contributed by atoms with E-state index in [1.165, 1.54) is 7.11 Å². The summed E-state index contributed by atoms with van der Waals surface area (Å²) in [6, 6.07) is 22.6. The van der Waals surface area contributed by atoms with Crippen LogP contribution in [0.1, 0.15) is 28.2 Å². The zero-order valence-corrected chi connectivity index (χ0v) is 17.7. The molecule has 0 unspecified atom stereocenters. The quantitative estimate of drug-likeness (QED) is 0.473. The van der Waals surface area contributed by atoms with Crippen LogP contribution in [-0.4, -0.2) is 31.8 Å². The van der Waals surface area contributed by atoms with Gasteiger partial charge in [-0.1, -0.05) is 66.6 Å². The summed E-state index contributed by atoms with van der Waals surface area (Å²) in [5, 5.41) is 2.64. The molecule has 5 nitrogen and oxygen atoms in total. The van der Waals surface area contributed by atoms with Crippen molar-refractivity contribution in [2.24, 2.45) is 0 Å². The van der Waals surface area contributed by atoms with Gasteiger partial charge in [0.1, 0.15) is 12.6 Å². The Hall–Kier alpha value is -4.04. The second-order valence-electron chi connectivity index (χ2n) is 7.59. The van der Waals surface area contributed by atoms with Gasteiger partial charge < -0.3 is 14.8 Å². The predicted molar refractivity (Wildman–Crippen MR) is 122 cm³/mol. The van der Waals surface area contributed by atoms with Crippen molar-refractivity contribution in [2.75, 3.05) is 13.7 Å². The third-order valence-electron chi connectivity index (χ3n) is 5.68. The molecule has 1 aliphatic rings. The molecule has 0 heterocycles. The van der Waals surface area contributed by atoms with E-state index in [9.17, 15) is 9.59 Å². The minimum atomic E-state index is -0.868. The highest BCUT2D eigenvalue weighted by atomic mass is 16.6. The van der Waals surface area contributed by atoms with Gasteiger partial charge in [-0.3, -0.25) is 0 Å². The molecule has 0 fully saturated rings. The number of carbonyl (C=O) groups excluding carboxylic acids is 2. The smallest absolute Gasteiger partial charge is 0.407 e. The zero-order chi connectivity index (χ0) is 22.5. The number of ether oxygens (including phenoxy) is 2. The van der Waals surface area contributed by atoms with E-state index in [-0.39, 0.29) is 18.9 Å². The average molecular weight is 425 g/mol. The van der Waals surface area contributed by atoms with E-state index < -0.39 is 18.1 Å². The highest BCUT2D eigenvalue weighted by Gasteiger charge is 2.30. The Labute approximate surface area is 187 Å². The van der Waals surface area contributed by atoms with Crippen molar-refractivity contribution in [2.45, 2.75) is 18.4 Å². The molecule has 1 aliphatic carbocycles. The van der Waals surface area contributed by atoms with Gasteiger partial charge in [0.25, 0.3) is 0 Å². The number of rotatable bonds is 6. The van der Waals surface area contributed by atoms with E-state index in [0.717, 1.165) is 33.4 Å². The first kappa shape index (κ1) is 21.2. The summed E-state index contributed by atoms with van der Waals surface area (Å²) in [6.07, 6.45) is 4.99. The molecule has 1 amide bonds. The van der Waals surface area contributed by atoms with Crippen molar-refractivity contribution in [3.63, 3.8) is 0 Å². The summed E-state index contributed by atoms with van der Waals surface area (Å²) in [5.41, 5.74) is 6.14. The largest absolute Gasteiger partial charge is 0.467 e. The first-order chi connectivity index (χ1) is 15.6. The Bertz CT molecular complexity index is 1130. The topological polar surface area (TPSA) is 64.6 Å². The number of benzene rings is 3. The van der Waals surface area contributed by atoms with E-state index in [1.54, 1.807) is 12.1 Å². The zero-order valence-electron chi connectivity index (χ0n) is 17.7. The number of methoxy groups -OCH3 is 1. The molecule has 0 aromatic heterocycles. The lowest BCUT2D eigenvalue weighted by molar-refractivity contribution is -0.143. The van der Waals surface area contributed by atoms with Gasteiger partial charge in [-0.05, 0) is 39.9 Å². The molecule has 0 aliphatic heterocycles. The van der Waals surface area contributed by atoms with Crippen LogP contribution in [0, 0.1) is 12.3 Å². The Morgan fingerprint density at radius 2 is 1.56 bits per heavy atom. The number of terminal acetylenes is 1. The molecule has 0 bridgehead atoms. The van der Waals surface area contributed by atoms with Crippen LogP contribution in [0.5, 0.6) is 0 Å². The Morgan fingerprint density at radius 1 is 0.969 bits per heavy atom. The summed E-state index contributed by atoms with van der Waals surface area (Å²) >= 11 is 0. The van der Waals surface area contributed by atoms with Crippen LogP contribution in [0.4, 0.5) is 4.79 Å². The first-order valence-electron chi connectivity index (χ1n) is 10.4. The second kappa shape index (κ2) is 9.40. The number of nitrogens with one attached hydrogen (secondary N) is 1. The lowest BCUT2D eigenvalue weighted by Gasteiger charge is -2.18.